The summed E-state index contributed by atoms with van der Waals surface area (Å²) >= 11 is 0. The molecule has 2 heterocycles. The number of nitrogens with zero attached hydrogens (tertiary/aromatic N) is 4. The lowest BCUT2D eigenvalue weighted by molar-refractivity contribution is -0.0971. The summed E-state index contributed by atoms with van der Waals surface area (Å²) in [5, 5.41) is 0. The number of likely N-dealkylation sites (tertiary alicyclic amines) is 1. The fourth-order valence-corrected chi connectivity index (χ4v) is 6.04. The molecular formula is C24H42FN7O. The van der Waals surface area contributed by atoms with E-state index in [0.29, 0.717) is 17.6 Å². The molecule has 9 heteroatoms. The molecule has 1 aromatic carbocycles. The third-order valence-corrected chi connectivity index (χ3v) is 8.04. The van der Waals surface area contributed by atoms with Gasteiger partial charge in [-0.05, 0) is 69.7 Å². The summed E-state index contributed by atoms with van der Waals surface area (Å²) in [7, 11) is 1.47. The quantitative estimate of drug-likeness (QED) is 0.589. The predicted octanol–water partition coefficient (Wildman–Crippen LogP) is 2.05. The molecule has 1 saturated carbocycles. The smallest absolute Gasteiger partial charge is 0.188 e. The molecule has 3 aliphatic rings. The van der Waals surface area contributed by atoms with Crippen LogP contribution in [0.4, 0.5) is 10.1 Å². The average molecular weight is 464 g/mol. The number of ether oxygens (including phenoxy) is 1. The lowest BCUT2D eigenvalue weighted by Gasteiger charge is -2.58. The Morgan fingerprint density at radius 3 is 2.42 bits per heavy atom. The number of hydrogen-bond acceptors (Lipinski definition) is 8. The number of benzene rings is 1. The van der Waals surface area contributed by atoms with Crippen LogP contribution < -0.4 is 26.8 Å². The molecule has 0 radical (unpaired) electrons. The van der Waals surface area contributed by atoms with Gasteiger partial charge in [0.05, 0.1) is 12.8 Å². The van der Waals surface area contributed by atoms with Crippen LogP contribution >= 0.6 is 0 Å². The number of likely N-dealkylation sites (N-methyl/N-ethyl adjacent to an activating group) is 1. The number of halogens is 1. The third-order valence-electron chi connectivity index (χ3n) is 8.04. The zero-order valence-electron chi connectivity index (χ0n) is 20.4. The van der Waals surface area contributed by atoms with E-state index in [0.717, 1.165) is 51.7 Å². The van der Waals surface area contributed by atoms with Crippen LogP contribution in [-0.4, -0.2) is 72.4 Å². The Bertz CT molecular complexity index is 790. The molecule has 6 N–H and O–H groups in total. The first-order chi connectivity index (χ1) is 15.9. The predicted molar refractivity (Wildman–Crippen MR) is 130 cm³/mol. The van der Waals surface area contributed by atoms with Gasteiger partial charge in [-0.1, -0.05) is 19.9 Å². The molecule has 4 rings (SSSR count). The summed E-state index contributed by atoms with van der Waals surface area (Å²) in [6, 6.07) is 5.73. The van der Waals surface area contributed by atoms with Crippen molar-refractivity contribution in [2.45, 2.75) is 83.3 Å². The molecule has 2 saturated heterocycles. The van der Waals surface area contributed by atoms with Crippen molar-refractivity contribution in [1.29, 1.82) is 0 Å². The van der Waals surface area contributed by atoms with Gasteiger partial charge in [-0.15, -0.1) is 0 Å². The first-order valence-electron chi connectivity index (χ1n) is 12.5. The van der Waals surface area contributed by atoms with Crippen LogP contribution in [-0.2, 0) is 0 Å². The fourth-order valence-electron chi connectivity index (χ4n) is 6.04. The van der Waals surface area contributed by atoms with Crippen molar-refractivity contribution in [2.75, 3.05) is 31.6 Å². The van der Waals surface area contributed by atoms with E-state index in [4.69, 9.17) is 21.9 Å². The van der Waals surface area contributed by atoms with Crippen molar-refractivity contribution in [1.82, 2.24) is 14.7 Å². The van der Waals surface area contributed by atoms with Crippen molar-refractivity contribution < 1.29 is 9.13 Å². The van der Waals surface area contributed by atoms with Crippen LogP contribution in [0.5, 0.6) is 5.75 Å². The lowest BCUT2D eigenvalue weighted by Crippen LogP contribution is -2.80. The number of nitrogens with two attached hydrogens (primary N) is 3. The Morgan fingerprint density at radius 1 is 1.03 bits per heavy atom. The maximum Gasteiger partial charge on any atom is 0.188 e. The Balaban J connectivity index is 1.69. The van der Waals surface area contributed by atoms with E-state index in [1.54, 1.807) is 23.1 Å². The topological polar surface area (TPSA) is 100 Å². The molecule has 3 fully saturated rings. The van der Waals surface area contributed by atoms with Crippen LogP contribution in [0.2, 0.25) is 0 Å². The van der Waals surface area contributed by atoms with Crippen LogP contribution in [0, 0.1) is 11.7 Å². The highest BCUT2D eigenvalue weighted by molar-refractivity contribution is 5.54. The van der Waals surface area contributed by atoms with Crippen LogP contribution in [0.25, 0.3) is 0 Å². The summed E-state index contributed by atoms with van der Waals surface area (Å²) in [5.74, 6) is 0.439. The zero-order valence-corrected chi connectivity index (χ0v) is 20.4. The summed E-state index contributed by atoms with van der Waals surface area (Å²) in [6.45, 7) is 7.31. The van der Waals surface area contributed by atoms with Crippen LogP contribution in [0.3, 0.4) is 0 Å². The van der Waals surface area contributed by atoms with Gasteiger partial charge in [-0.2, -0.15) is 0 Å². The Morgan fingerprint density at radius 2 is 1.76 bits per heavy atom. The number of hydrogen-bond donors (Lipinski definition) is 3. The van der Waals surface area contributed by atoms with Gasteiger partial charge in [-0.25, -0.2) is 14.2 Å². The summed E-state index contributed by atoms with van der Waals surface area (Å²) < 4.78 is 20.7. The Labute approximate surface area is 197 Å². The molecule has 186 valence electrons. The van der Waals surface area contributed by atoms with Crippen molar-refractivity contribution in [3.63, 3.8) is 0 Å². The zero-order chi connectivity index (χ0) is 23.7. The maximum atomic E-state index is 15.4. The van der Waals surface area contributed by atoms with Crippen LogP contribution in [0.1, 0.15) is 52.4 Å². The minimum atomic E-state index is -0.644. The molecule has 0 bridgehead atoms. The lowest BCUT2D eigenvalue weighted by atomic mass is 9.86. The van der Waals surface area contributed by atoms with Gasteiger partial charge in [0.15, 0.2) is 11.6 Å². The Kier molecular flexibility index (Phi) is 7.77. The van der Waals surface area contributed by atoms with E-state index >= 15 is 4.39 Å². The first-order valence-corrected chi connectivity index (χ1v) is 12.5. The maximum absolute atomic E-state index is 15.4. The van der Waals surface area contributed by atoms with Gasteiger partial charge in [-0.3, -0.25) is 16.4 Å². The minimum absolute atomic E-state index is 0.180. The molecule has 2 aliphatic heterocycles. The second kappa shape index (κ2) is 10.4. The molecule has 4 unspecified atom stereocenters. The van der Waals surface area contributed by atoms with Crippen molar-refractivity contribution in [3.8, 4) is 5.75 Å². The SMILES string of the molecule is CCN1CCCC1CN1C(N)N(c2cccc(OC)c2F)C(N)N(C2CCC(C)CC2)C1N. The molecule has 0 spiro atoms. The number of rotatable bonds is 6. The molecule has 1 aromatic rings. The van der Waals surface area contributed by atoms with Gasteiger partial charge in [0.25, 0.3) is 0 Å². The molecule has 0 amide bonds. The monoisotopic (exact) mass is 463 g/mol. The van der Waals surface area contributed by atoms with E-state index in [9.17, 15) is 0 Å². The fraction of sp³-hybridized carbons (Fsp3) is 0.750. The standard InChI is InChI=1S/C24H42FN7O/c1-4-29-14-6-7-18(29)15-30-22(26)31(17-12-10-16(2)11-13-17)24(28)32(23(30)27)19-8-5-9-20(33-3)21(19)25/h5,8-9,16-18,22-24H,4,6-7,10-15,26-28H2,1-3H3. The van der Waals surface area contributed by atoms with E-state index in [1.807, 2.05) is 0 Å². The van der Waals surface area contributed by atoms with E-state index in [2.05, 4.69) is 28.5 Å². The van der Waals surface area contributed by atoms with E-state index in [1.165, 1.54) is 13.5 Å². The second-order valence-corrected chi connectivity index (χ2v) is 9.92. The van der Waals surface area contributed by atoms with Gasteiger partial charge in [0, 0.05) is 18.6 Å². The van der Waals surface area contributed by atoms with Crippen molar-refractivity contribution >= 4 is 5.69 Å². The highest BCUT2D eigenvalue weighted by Gasteiger charge is 2.47. The van der Waals surface area contributed by atoms with Crippen molar-refractivity contribution in [3.05, 3.63) is 24.0 Å². The van der Waals surface area contributed by atoms with Gasteiger partial charge >= 0.3 is 0 Å². The molecule has 1 aliphatic carbocycles. The first kappa shape index (κ1) is 24.6. The van der Waals surface area contributed by atoms with Crippen molar-refractivity contribution in [2.24, 2.45) is 23.1 Å². The molecule has 0 aromatic heterocycles. The summed E-state index contributed by atoms with van der Waals surface area (Å²) in [5.41, 5.74) is 20.9. The molecule has 4 atom stereocenters. The van der Waals surface area contributed by atoms with Gasteiger partial charge in [0.1, 0.15) is 18.9 Å². The molecule has 8 nitrogen and oxygen atoms in total. The average Bonchev–Trinajstić information content (AvgIpc) is 3.26. The Hall–Kier alpha value is -1.49. The van der Waals surface area contributed by atoms with Gasteiger partial charge < -0.3 is 15.4 Å². The molecule has 33 heavy (non-hydrogen) atoms. The third kappa shape index (κ3) is 4.72. The highest BCUT2D eigenvalue weighted by Crippen LogP contribution is 2.36. The van der Waals surface area contributed by atoms with Crippen LogP contribution in [0.15, 0.2) is 18.2 Å². The summed E-state index contributed by atoms with van der Waals surface area (Å²) in [6.07, 6.45) is 4.96. The van der Waals surface area contributed by atoms with Gasteiger partial charge in [0.2, 0.25) is 0 Å². The number of methoxy groups -OCH3 is 1. The van der Waals surface area contributed by atoms with E-state index in [-0.39, 0.29) is 11.8 Å². The second-order valence-electron chi connectivity index (χ2n) is 9.92. The van der Waals surface area contributed by atoms with E-state index < -0.39 is 24.7 Å². The largest absolute Gasteiger partial charge is 0.494 e. The highest BCUT2D eigenvalue weighted by atomic mass is 19.1. The number of anilines is 1. The molecular weight excluding hydrogens is 421 g/mol. The summed E-state index contributed by atoms with van der Waals surface area (Å²) in [4.78, 5) is 8.54. The minimum Gasteiger partial charge on any atom is -0.494 e. The normalized spacial score (nSPS) is 34.7.